The lowest BCUT2D eigenvalue weighted by atomic mass is 9.93. The minimum atomic E-state index is -0.943. The van der Waals surface area contributed by atoms with Crippen LogP contribution in [0.1, 0.15) is 40.1 Å². The molecule has 8 nitrogen and oxygen atoms in total. The molecule has 11 heteroatoms. The van der Waals surface area contributed by atoms with Gasteiger partial charge in [0, 0.05) is 41.9 Å². The van der Waals surface area contributed by atoms with Crippen LogP contribution in [0, 0.1) is 11.6 Å². The van der Waals surface area contributed by atoms with Crippen molar-refractivity contribution in [3.05, 3.63) is 92.9 Å². The van der Waals surface area contributed by atoms with Crippen molar-refractivity contribution < 1.29 is 27.8 Å². The summed E-state index contributed by atoms with van der Waals surface area (Å²) in [5, 5.41) is 1.82. The summed E-state index contributed by atoms with van der Waals surface area (Å²) >= 11 is 1.39. The molecule has 0 bridgehead atoms. The van der Waals surface area contributed by atoms with E-state index in [1.54, 1.807) is 11.0 Å². The Morgan fingerprint density at radius 3 is 2.73 bits per heavy atom. The van der Waals surface area contributed by atoms with Crippen molar-refractivity contribution in [2.45, 2.75) is 29.8 Å². The van der Waals surface area contributed by atoms with Crippen LogP contribution in [0.3, 0.4) is 0 Å². The summed E-state index contributed by atoms with van der Waals surface area (Å²) in [5.74, 6) is -3.26. The number of aromatic nitrogens is 1. The molecule has 0 N–H and O–H groups in total. The number of amides is 1. The smallest absolute Gasteiger partial charge is 0.308 e. The minimum absolute atomic E-state index is 0.112. The monoisotopic (exact) mass is 525 g/mol. The van der Waals surface area contributed by atoms with Crippen molar-refractivity contribution in [3.8, 4) is 5.75 Å². The van der Waals surface area contributed by atoms with Gasteiger partial charge in [0.15, 0.2) is 17.3 Å². The molecule has 4 heterocycles. The Morgan fingerprint density at radius 2 is 1.92 bits per heavy atom. The molecule has 0 spiro atoms. The van der Waals surface area contributed by atoms with Gasteiger partial charge in [0.25, 0.3) is 5.91 Å². The molecule has 1 saturated heterocycles. The van der Waals surface area contributed by atoms with Crippen LogP contribution in [-0.2, 0) is 15.3 Å². The average Bonchev–Trinajstić information content (AvgIpc) is 3.05. The summed E-state index contributed by atoms with van der Waals surface area (Å²) in [7, 11) is 0. The number of ether oxygens (including phenoxy) is 2. The van der Waals surface area contributed by atoms with Gasteiger partial charge in [0.1, 0.15) is 6.17 Å². The minimum Gasteiger partial charge on any atom is -0.420 e. The number of morpholine rings is 1. The maximum atomic E-state index is 15.2. The second-order valence-corrected chi connectivity index (χ2v) is 9.91. The predicted molar refractivity (Wildman–Crippen MR) is 130 cm³/mol. The van der Waals surface area contributed by atoms with Gasteiger partial charge in [0.2, 0.25) is 11.2 Å². The lowest BCUT2D eigenvalue weighted by molar-refractivity contribution is -0.132. The average molecular weight is 526 g/mol. The molecule has 0 radical (unpaired) electrons. The van der Waals surface area contributed by atoms with Gasteiger partial charge in [-0.2, -0.15) is 0 Å². The highest BCUT2D eigenvalue weighted by molar-refractivity contribution is 7.98. The third-order valence-electron chi connectivity index (χ3n) is 6.78. The van der Waals surface area contributed by atoms with E-state index in [0.717, 1.165) is 23.4 Å². The highest BCUT2D eigenvalue weighted by Gasteiger charge is 2.46. The summed E-state index contributed by atoms with van der Waals surface area (Å²) in [4.78, 5) is 40.7. The molecule has 2 atom stereocenters. The largest absolute Gasteiger partial charge is 0.420 e. The number of thioether (sulfide) groups is 1. The van der Waals surface area contributed by atoms with Crippen LogP contribution >= 0.6 is 11.8 Å². The van der Waals surface area contributed by atoms with Crippen LogP contribution in [0.25, 0.3) is 0 Å². The Hall–Kier alpha value is -3.70. The van der Waals surface area contributed by atoms with Crippen molar-refractivity contribution in [1.29, 1.82) is 0 Å². The van der Waals surface area contributed by atoms with Crippen molar-refractivity contribution in [3.63, 3.8) is 0 Å². The first-order chi connectivity index (χ1) is 17.9. The van der Waals surface area contributed by atoms with Gasteiger partial charge in [0.05, 0.1) is 19.3 Å². The van der Waals surface area contributed by atoms with Crippen molar-refractivity contribution in [2.75, 3.05) is 24.8 Å². The van der Waals surface area contributed by atoms with Gasteiger partial charge in [-0.25, -0.2) is 8.78 Å². The van der Waals surface area contributed by atoms with E-state index in [1.165, 1.54) is 28.7 Å². The van der Waals surface area contributed by atoms with Crippen molar-refractivity contribution in [1.82, 2.24) is 9.58 Å². The second kappa shape index (κ2) is 9.00. The summed E-state index contributed by atoms with van der Waals surface area (Å²) in [5.41, 5.74) is 0.825. The molecule has 0 saturated carbocycles. The molecule has 6 rings (SSSR count). The van der Waals surface area contributed by atoms with E-state index in [4.69, 9.17) is 9.47 Å². The number of hydrogen-bond donors (Lipinski definition) is 0. The van der Waals surface area contributed by atoms with E-state index in [1.807, 2.05) is 29.3 Å². The Balaban J connectivity index is 1.67. The number of carbonyl (C=O) groups is 2. The van der Waals surface area contributed by atoms with Crippen LogP contribution in [0.15, 0.2) is 58.4 Å². The zero-order valence-corrected chi connectivity index (χ0v) is 20.5. The SMILES string of the molecule is CC(=O)Oc1c2n(ccc1=O)N([C@@H]1c3ccccc3SCc3c1ccc(F)c3F)[C@@H]1COCCN1C2=O. The fourth-order valence-corrected chi connectivity index (χ4v) is 6.33. The van der Waals surface area contributed by atoms with E-state index >= 15 is 4.39 Å². The van der Waals surface area contributed by atoms with Gasteiger partial charge in [-0.3, -0.25) is 24.1 Å². The number of esters is 1. The number of hydrogen-bond acceptors (Lipinski definition) is 7. The molecule has 0 unspecified atom stereocenters. The molecule has 1 aromatic heterocycles. The summed E-state index contributed by atoms with van der Waals surface area (Å²) in [6.45, 7) is 1.81. The summed E-state index contributed by atoms with van der Waals surface area (Å²) in [6.07, 6.45) is 0.804. The molecular weight excluding hydrogens is 504 g/mol. The van der Waals surface area contributed by atoms with Crippen molar-refractivity contribution >= 4 is 23.6 Å². The Morgan fingerprint density at radius 1 is 1.11 bits per heavy atom. The molecular formula is C26H21F2N3O5S. The Kier molecular flexibility index (Phi) is 5.76. The Labute approximate surface area is 214 Å². The number of pyridine rings is 1. The van der Waals surface area contributed by atoms with Crippen LogP contribution in [0.2, 0.25) is 0 Å². The first-order valence-corrected chi connectivity index (χ1v) is 12.6. The second-order valence-electron chi connectivity index (χ2n) is 8.89. The van der Waals surface area contributed by atoms with Crippen LogP contribution < -0.4 is 15.2 Å². The normalized spacial score (nSPS) is 20.4. The lowest BCUT2D eigenvalue weighted by Gasteiger charge is -2.51. The Bertz CT molecular complexity index is 1510. The first-order valence-electron chi connectivity index (χ1n) is 11.7. The summed E-state index contributed by atoms with van der Waals surface area (Å²) in [6, 6.07) is 10.7. The van der Waals surface area contributed by atoms with E-state index in [9.17, 15) is 18.8 Å². The van der Waals surface area contributed by atoms with Crippen LogP contribution in [0.4, 0.5) is 8.78 Å². The third kappa shape index (κ3) is 3.72. The number of carbonyl (C=O) groups excluding carboxylic acids is 2. The maximum absolute atomic E-state index is 15.2. The standard InChI is InChI=1S/C26H21F2N3O5S/c1-14(32)36-25-19(33)8-9-30-24(25)26(34)29-10-11-35-12-21(29)31(30)23-15-6-7-18(27)22(28)17(15)13-37-20-5-3-2-4-16(20)23/h2-9,21,23H,10-13H2,1H3/t21-,23+/m1/s1. The van der Waals surface area contributed by atoms with Crippen molar-refractivity contribution in [2.24, 2.45) is 0 Å². The van der Waals surface area contributed by atoms with Crippen LogP contribution in [0.5, 0.6) is 5.75 Å². The number of rotatable bonds is 2. The van der Waals surface area contributed by atoms with E-state index in [-0.39, 0.29) is 42.5 Å². The quantitative estimate of drug-likeness (QED) is 0.476. The third-order valence-corrected chi connectivity index (χ3v) is 7.89. The topological polar surface area (TPSA) is 81.1 Å². The fraction of sp³-hybridized carbons (Fsp3) is 0.269. The van der Waals surface area contributed by atoms with E-state index < -0.39 is 41.1 Å². The molecule has 37 heavy (non-hydrogen) atoms. The zero-order valence-electron chi connectivity index (χ0n) is 19.6. The zero-order chi connectivity index (χ0) is 25.8. The van der Waals surface area contributed by atoms with E-state index in [0.29, 0.717) is 5.56 Å². The predicted octanol–water partition coefficient (Wildman–Crippen LogP) is 3.20. The molecule has 2 aromatic carbocycles. The highest BCUT2D eigenvalue weighted by atomic mass is 32.2. The van der Waals surface area contributed by atoms with Gasteiger partial charge in [-0.05, 0) is 23.3 Å². The molecule has 1 amide bonds. The first kappa shape index (κ1) is 23.7. The van der Waals surface area contributed by atoms with Gasteiger partial charge in [-0.1, -0.05) is 24.3 Å². The van der Waals surface area contributed by atoms with Gasteiger partial charge >= 0.3 is 5.97 Å². The molecule has 3 aromatic rings. The molecule has 1 fully saturated rings. The molecule has 0 aliphatic carbocycles. The number of fused-ring (bicyclic) bond motifs is 4. The van der Waals surface area contributed by atoms with Gasteiger partial charge in [-0.15, -0.1) is 11.8 Å². The number of halogens is 2. The molecule has 3 aliphatic rings. The lowest BCUT2D eigenvalue weighted by Crippen LogP contribution is -2.66. The molecule has 3 aliphatic heterocycles. The fourth-order valence-electron chi connectivity index (χ4n) is 5.21. The summed E-state index contributed by atoms with van der Waals surface area (Å²) < 4.78 is 42.0. The number of nitrogens with zero attached hydrogens (tertiary/aromatic N) is 3. The maximum Gasteiger partial charge on any atom is 0.308 e. The number of benzene rings is 2. The molecule has 190 valence electrons. The highest BCUT2D eigenvalue weighted by Crippen LogP contribution is 2.45. The van der Waals surface area contributed by atoms with Gasteiger partial charge < -0.3 is 14.4 Å². The van der Waals surface area contributed by atoms with E-state index in [2.05, 4.69) is 0 Å². The van der Waals surface area contributed by atoms with Crippen LogP contribution in [-0.4, -0.2) is 47.4 Å².